The molecule has 0 radical (unpaired) electrons. The number of nitrogens with two attached hydrogens (primary N) is 1. The minimum absolute atomic E-state index is 0.0229. The van der Waals surface area contributed by atoms with E-state index in [2.05, 4.69) is 0 Å². The highest BCUT2D eigenvalue weighted by molar-refractivity contribution is 5.75. The third-order valence-electron chi connectivity index (χ3n) is 1.77. The van der Waals surface area contributed by atoms with Crippen molar-refractivity contribution in [3.05, 3.63) is 12.2 Å². The quantitative estimate of drug-likeness (QED) is 0.492. The van der Waals surface area contributed by atoms with Crippen LogP contribution in [0.4, 0.5) is 0 Å². The number of carbonyl (C=O) groups excluding carboxylic acids is 1. The lowest BCUT2D eigenvalue weighted by atomic mass is 10.1. The normalized spacial score (nSPS) is 28.0. The van der Waals surface area contributed by atoms with Crippen molar-refractivity contribution >= 4 is 5.97 Å². The lowest BCUT2D eigenvalue weighted by Crippen LogP contribution is -2.22. The van der Waals surface area contributed by atoms with Crippen LogP contribution in [0.15, 0.2) is 12.2 Å². The van der Waals surface area contributed by atoms with E-state index in [0.29, 0.717) is 6.42 Å². The van der Waals surface area contributed by atoms with E-state index in [9.17, 15) is 4.79 Å². The summed E-state index contributed by atoms with van der Waals surface area (Å²) in [6.45, 7) is 3.69. The zero-order valence-corrected chi connectivity index (χ0v) is 7.49. The summed E-state index contributed by atoms with van der Waals surface area (Å²) < 4.78 is 5.04. The zero-order valence-electron chi connectivity index (χ0n) is 7.49. The van der Waals surface area contributed by atoms with Gasteiger partial charge in [-0.2, -0.15) is 0 Å². The van der Waals surface area contributed by atoms with Crippen LogP contribution in [-0.2, 0) is 9.53 Å². The summed E-state index contributed by atoms with van der Waals surface area (Å²) in [5.74, 6) is -0.281. The molecule has 3 nitrogen and oxygen atoms in total. The molecule has 0 saturated carbocycles. The number of ether oxygens (including phenoxy) is 1. The fourth-order valence-electron chi connectivity index (χ4n) is 1.22. The molecule has 1 rings (SSSR count). The predicted molar refractivity (Wildman–Crippen MR) is 46.5 cm³/mol. The Morgan fingerprint density at radius 1 is 1.58 bits per heavy atom. The van der Waals surface area contributed by atoms with Gasteiger partial charge in [0.25, 0.3) is 0 Å². The minimum atomic E-state index is -0.158. The van der Waals surface area contributed by atoms with E-state index in [1.165, 1.54) is 0 Å². The summed E-state index contributed by atoms with van der Waals surface area (Å²) in [5, 5.41) is 0. The summed E-state index contributed by atoms with van der Waals surface area (Å²) in [6.07, 6.45) is 4.33. The molecule has 68 valence electrons. The Balaban J connectivity index is 2.39. The summed E-state index contributed by atoms with van der Waals surface area (Å²) in [6, 6.07) is 0.0229. The van der Waals surface area contributed by atoms with Crippen molar-refractivity contribution in [1.82, 2.24) is 0 Å². The molecule has 0 unspecified atom stereocenters. The van der Waals surface area contributed by atoms with Crippen molar-refractivity contribution in [2.75, 3.05) is 0 Å². The largest absolute Gasteiger partial charge is 0.463 e. The SMILES string of the molecule is CC(C)OC(=O)[C@@H]1C=C[C@H](N)C1. The molecule has 0 spiro atoms. The molecule has 1 aliphatic rings. The molecule has 0 aromatic carbocycles. The van der Waals surface area contributed by atoms with Gasteiger partial charge in [-0.15, -0.1) is 0 Å². The van der Waals surface area contributed by atoms with Crippen molar-refractivity contribution in [2.24, 2.45) is 11.7 Å². The standard InChI is InChI=1S/C9H15NO2/c1-6(2)12-9(11)7-3-4-8(10)5-7/h3-4,6-8H,5,10H2,1-2H3/t7-,8+/m1/s1. The molecule has 3 heteroatoms. The summed E-state index contributed by atoms with van der Waals surface area (Å²) in [7, 11) is 0. The second-order valence-corrected chi connectivity index (χ2v) is 3.38. The monoisotopic (exact) mass is 169 g/mol. The van der Waals surface area contributed by atoms with E-state index in [0.717, 1.165) is 0 Å². The van der Waals surface area contributed by atoms with Crippen LogP contribution in [-0.4, -0.2) is 18.1 Å². The van der Waals surface area contributed by atoms with Crippen molar-refractivity contribution < 1.29 is 9.53 Å². The molecule has 0 amide bonds. The van der Waals surface area contributed by atoms with Gasteiger partial charge in [0, 0.05) is 6.04 Å². The van der Waals surface area contributed by atoms with Crippen molar-refractivity contribution in [3.8, 4) is 0 Å². The Labute approximate surface area is 72.6 Å². The second-order valence-electron chi connectivity index (χ2n) is 3.38. The Morgan fingerprint density at radius 3 is 2.67 bits per heavy atom. The van der Waals surface area contributed by atoms with Crippen molar-refractivity contribution in [2.45, 2.75) is 32.4 Å². The molecule has 2 atom stereocenters. The van der Waals surface area contributed by atoms with Gasteiger partial charge in [0.1, 0.15) is 0 Å². The van der Waals surface area contributed by atoms with Crippen molar-refractivity contribution in [1.29, 1.82) is 0 Å². The van der Waals surface area contributed by atoms with Crippen LogP contribution in [0.3, 0.4) is 0 Å². The van der Waals surface area contributed by atoms with Crippen LogP contribution in [0.2, 0.25) is 0 Å². The Morgan fingerprint density at radius 2 is 2.25 bits per heavy atom. The number of hydrogen-bond donors (Lipinski definition) is 1. The fraction of sp³-hybridized carbons (Fsp3) is 0.667. The van der Waals surface area contributed by atoms with Gasteiger partial charge in [-0.25, -0.2) is 0 Å². The molecular weight excluding hydrogens is 154 g/mol. The lowest BCUT2D eigenvalue weighted by molar-refractivity contribution is -0.150. The van der Waals surface area contributed by atoms with Crippen LogP contribution >= 0.6 is 0 Å². The number of esters is 1. The molecule has 0 aromatic heterocycles. The predicted octanol–water partition coefficient (Wildman–Crippen LogP) is 0.841. The first-order chi connectivity index (χ1) is 5.59. The highest BCUT2D eigenvalue weighted by Crippen LogP contribution is 2.18. The minimum Gasteiger partial charge on any atom is -0.463 e. The molecule has 0 saturated heterocycles. The highest BCUT2D eigenvalue weighted by atomic mass is 16.5. The Kier molecular flexibility index (Phi) is 2.87. The number of hydrogen-bond acceptors (Lipinski definition) is 3. The summed E-state index contributed by atoms with van der Waals surface area (Å²) in [5.41, 5.74) is 5.60. The van der Waals surface area contributed by atoms with Gasteiger partial charge < -0.3 is 10.5 Å². The molecule has 12 heavy (non-hydrogen) atoms. The summed E-state index contributed by atoms with van der Waals surface area (Å²) >= 11 is 0. The van der Waals surface area contributed by atoms with Gasteiger partial charge in [0.05, 0.1) is 12.0 Å². The van der Waals surface area contributed by atoms with E-state index in [1.807, 2.05) is 26.0 Å². The maximum absolute atomic E-state index is 11.3. The maximum Gasteiger partial charge on any atom is 0.313 e. The van der Waals surface area contributed by atoms with E-state index in [-0.39, 0.29) is 24.0 Å². The first kappa shape index (κ1) is 9.26. The number of rotatable bonds is 2. The van der Waals surface area contributed by atoms with Gasteiger partial charge >= 0.3 is 5.97 Å². The maximum atomic E-state index is 11.3. The smallest absolute Gasteiger partial charge is 0.313 e. The third-order valence-corrected chi connectivity index (χ3v) is 1.77. The average Bonchev–Trinajstić information content (AvgIpc) is 2.34. The highest BCUT2D eigenvalue weighted by Gasteiger charge is 2.24. The van der Waals surface area contributed by atoms with E-state index in [1.54, 1.807) is 0 Å². The molecular formula is C9H15NO2. The lowest BCUT2D eigenvalue weighted by Gasteiger charge is -2.11. The van der Waals surface area contributed by atoms with Crippen LogP contribution in [0.1, 0.15) is 20.3 Å². The van der Waals surface area contributed by atoms with Crippen LogP contribution < -0.4 is 5.73 Å². The van der Waals surface area contributed by atoms with E-state index in [4.69, 9.17) is 10.5 Å². The molecule has 0 aliphatic heterocycles. The third kappa shape index (κ3) is 2.34. The molecule has 0 bridgehead atoms. The Hall–Kier alpha value is -0.830. The molecule has 2 N–H and O–H groups in total. The molecule has 0 fully saturated rings. The van der Waals surface area contributed by atoms with Gasteiger partial charge in [-0.05, 0) is 20.3 Å². The fourth-order valence-corrected chi connectivity index (χ4v) is 1.22. The van der Waals surface area contributed by atoms with Gasteiger partial charge in [0.2, 0.25) is 0 Å². The van der Waals surface area contributed by atoms with Gasteiger partial charge in [0.15, 0.2) is 0 Å². The zero-order chi connectivity index (χ0) is 9.14. The second kappa shape index (κ2) is 3.72. The molecule has 0 aromatic rings. The average molecular weight is 169 g/mol. The number of carbonyl (C=O) groups is 1. The van der Waals surface area contributed by atoms with E-state index < -0.39 is 0 Å². The topological polar surface area (TPSA) is 52.3 Å². The van der Waals surface area contributed by atoms with Crippen LogP contribution in [0, 0.1) is 5.92 Å². The van der Waals surface area contributed by atoms with Crippen LogP contribution in [0.5, 0.6) is 0 Å². The van der Waals surface area contributed by atoms with Crippen molar-refractivity contribution in [3.63, 3.8) is 0 Å². The van der Waals surface area contributed by atoms with Gasteiger partial charge in [-0.1, -0.05) is 12.2 Å². The Bertz CT molecular complexity index is 199. The molecule has 0 heterocycles. The van der Waals surface area contributed by atoms with Crippen LogP contribution in [0.25, 0.3) is 0 Å². The van der Waals surface area contributed by atoms with Gasteiger partial charge in [-0.3, -0.25) is 4.79 Å². The first-order valence-corrected chi connectivity index (χ1v) is 4.24. The molecule has 1 aliphatic carbocycles. The van der Waals surface area contributed by atoms with E-state index >= 15 is 0 Å². The first-order valence-electron chi connectivity index (χ1n) is 4.24. The summed E-state index contributed by atoms with van der Waals surface area (Å²) in [4.78, 5) is 11.3.